The maximum absolute atomic E-state index is 5.51. The average Bonchev–Trinajstić information content (AvgIpc) is 2.14. The van der Waals surface area contributed by atoms with Gasteiger partial charge < -0.3 is 4.74 Å². The Morgan fingerprint density at radius 2 is 2.50 bits per heavy atom. The summed E-state index contributed by atoms with van der Waals surface area (Å²) < 4.78 is 8.71. The highest BCUT2D eigenvalue weighted by Gasteiger charge is 2.01. The van der Waals surface area contributed by atoms with E-state index in [9.17, 15) is 0 Å². The van der Waals surface area contributed by atoms with E-state index in [1.165, 1.54) is 7.11 Å². The van der Waals surface area contributed by atoms with Crippen molar-refractivity contribution in [2.75, 3.05) is 7.11 Å². The summed E-state index contributed by atoms with van der Waals surface area (Å²) in [6.07, 6.45) is 0. The van der Waals surface area contributed by atoms with Crippen LogP contribution in [0, 0.1) is 0 Å². The highest BCUT2D eigenvalue weighted by atomic mass is 35.5. The van der Waals surface area contributed by atoms with Crippen LogP contribution in [0.2, 0.25) is 4.34 Å². The Bertz CT molecular complexity index is 178. The maximum Gasteiger partial charge on any atom is 0.265 e. The molecule has 0 fully saturated rings. The molecule has 0 aliphatic heterocycles. The van der Waals surface area contributed by atoms with Crippen molar-refractivity contribution in [2.24, 2.45) is 0 Å². The first kappa shape index (κ1) is 5.78. The summed E-state index contributed by atoms with van der Waals surface area (Å²) in [7, 11) is 1.50. The Morgan fingerprint density at radius 1 is 1.75 bits per heavy atom. The highest BCUT2D eigenvalue weighted by Crippen LogP contribution is 2.23. The van der Waals surface area contributed by atoms with E-state index in [4.69, 9.17) is 11.6 Å². The van der Waals surface area contributed by atoms with E-state index in [-0.39, 0.29) is 0 Å². The second kappa shape index (κ2) is 2.28. The van der Waals surface area contributed by atoms with Crippen molar-refractivity contribution in [2.45, 2.75) is 0 Å². The van der Waals surface area contributed by atoms with Crippen LogP contribution in [0.5, 0.6) is 5.88 Å². The molecule has 0 aliphatic carbocycles. The van der Waals surface area contributed by atoms with Crippen LogP contribution in [0.1, 0.15) is 0 Å². The van der Waals surface area contributed by atoms with Crippen LogP contribution < -0.4 is 4.74 Å². The van der Waals surface area contributed by atoms with Gasteiger partial charge in [0.25, 0.3) is 5.88 Å². The lowest BCUT2D eigenvalue weighted by Gasteiger charge is -1.86. The Morgan fingerprint density at radius 3 is 2.75 bits per heavy atom. The molecular weight excluding hydrogens is 148 g/mol. The van der Waals surface area contributed by atoms with Crippen LogP contribution in [-0.2, 0) is 0 Å². The molecule has 0 radical (unpaired) electrons. The molecule has 1 aromatic heterocycles. The van der Waals surface area contributed by atoms with Gasteiger partial charge in [0.2, 0.25) is 0 Å². The Labute approximate surface area is 55.4 Å². The topological polar surface area (TPSA) is 35.0 Å². The lowest BCUT2D eigenvalue weighted by atomic mass is 10.9. The van der Waals surface area contributed by atoms with Crippen molar-refractivity contribution in [3.63, 3.8) is 0 Å². The summed E-state index contributed by atoms with van der Waals surface area (Å²) in [6, 6.07) is 0. The zero-order valence-electron chi connectivity index (χ0n) is 4.09. The maximum atomic E-state index is 5.51. The number of ether oxygens (including phenoxy) is 1. The van der Waals surface area contributed by atoms with Crippen molar-refractivity contribution < 1.29 is 4.74 Å². The van der Waals surface area contributed by atoms with Gasteiger partial charge in [-0.15, -0.1) is 0 Å². The quantitative estimate of drug-likeness (QED) is 0.604. The van der Waals surface area contributed by atoms with Crippen molar-refractivity contribution in [1.82, 2.24) is 9.59 Å². The largest absolute Gasteiger partial charge is 0.478 e. The second-order valence-electron chi connectivity index (χ2n) is 1.06. The summed E-state index contributed by atoms with van der Waals surface area (Å²) in [4.78, 5) is 0. The molecule has 5 heteroatoms. The first-order chi connectivity index (χ1) is 3.84. The van der Waals surface area contributed by atoms with E-state index in [1.54, 1.807) is 0 Å². The highest BCUT2D eigenvalue weighted by molar-refractivity contribution is 7.10. The van der Waals surface area contributed by atoms with Gasteiger partial charge in [-0.1, -0.05) is 21.2 Å². The Hall–Kier alpha value is -0.350. The van der Waals surface area contributed by atoms with Gasteiger partial charge in [-0.25, -0.2) is 0 Å². The van der Waals surface area contributed by atoms with E-state index < -0.39 is 0 Å². The summed E-state index contributed by atoms with van der Waals surface area (Å²) in [5, 5.41) is 3.55. The summed E-state index contributed by atoms with van der Waals surface area (Å²) >= 11 is 6.62. The predicted molar refractivity (Wildman–Crippen MR) is 31.5 cm³/mol. The van der Waals surface area contributed by atoms with E-state index in [0.29, 0.717) is 10.2 Å². The molecule has 1 heterocycles. The fraction of sp³-hybridized carbons (Fsp3) is 0.333. The van der Waals surface area contributed by atoms with Crippen molar-refractivity contribution >= 4 is 23.1 Å². The van der Waals surface area contributed by atoms with Gasteiger partial charge in [0, 0.05) is 11.5 Å². The fourth-order valence-electron chi connectivity index (χ4n) is 0.293. The predicted octanol–water partition coefficient (Wildman–Crippen LogP) is 1.20. The molecule has 0 aliphatic rings. The minimum absolute atomic E-state index is 0.400. The number of hydrogen-bond donors (Lipinski definition) is 0. The molecule has 8 heavy (non-hydrogen) atoms. The number of rotatable bonds is 1. The third kappa shape index (κ3) is 0.900. The fourth-order valence-corrected chi connectivity index (χ4v) is 0.889. The third-order valence-corrected chi connectivity index (χ3v) is 1.48. The minimum Gasteiger partial charge on any atom is -0.478 e. The average molecular weight is 151 g/mol. The van der Waals surface area contributed by atoms with Crippen LogP contribution >= 0.6 is 23.1 Å². The second-order valence-corrected chi connectivity index (χ2v) is 2.41. The lowest BCUT2D eigenvalue weighted by Crippen LogP contribution is -1.81. The van der Waals surface area contributed by atoms with Gasteiger partial charge >= 0.3 is 0 Å². The van der Waals surface area contributed by atoms with Gasteiger partial charge in [0.15, 0.2) is 4.34 Å². The molecule has 0 aromatic carbocycles. The number of aromatic nitrogens is 2. The van der Waals surface area contributed by atoms with E-state index in [1.807, 2.05) is 0 Å². The Kier molecular flexibility index (Phi) is 1.65. The number of methoxy groups -OCH3 is 1. The van der Waals surface area contributed by atoms with Crippen LogP contribution in [0.4, 0.5) is 0 Å². The van der Waals surface area contributed by atoms with Gasteiger partial charge in [-0.3, -0.25) is 0 Å². The molecule has 1 aromatic rings. The zero-order chi connectivity index (χ0) is 5.98. The molecule has 0 atom stereocenters. The first-order valence-corrected chi connectivity index (χ1v) is 3.01. The van der Waals surface area contributed by atoms with Gasteiger partial charge in [-0.05, 0) is 0 Å². The summed E-state index contributed by atoms with van der Waals surface area (Å²) in [6.45, 7) is 0. The molecule has 0 N–H and O–H groups in total. The summed E-state index contributed by atoms with van der Waals surface area (Å²) in [5.74, 6) is 0.400. The molecule has 0 amide bonds. The number of halogens is 1. The minimum atomic E-state index is 0.400. The molecular formula is C3H3ClN2OS. The van der Waals surface area contributed by atoms with Crippen LogP contribution in [-0.4, -0.2) is 16.7 Å². The van der Waals surface area contributed by atoms with E-state index in [0.717, 1.165) is 11.5 Å². The van der Waals surface area contributed by atoms with Gasteiger partial charge in [0.05, 0.1) is 7.11 Å². The Balaban J connectivity index is 2.92. The number of nitrogens with zero attached hydrogens (tertiary/aromatic N) is 2. The van der Waals surface area contributed by atoms with Gasteiger partial charge in [-0.2, -0.15) is 0 Å². The molecule has 0 saturated carbocycles. The SMILES string of the molecule is COc1nnsc1Cl. The molecule has 44 valence electrons. The normalized spacial score (nSPS) is 9.25. The van der Waals surface area contributed by atoms with Crippen molar-refractivity contribution in [3.05, 3.63) is 4.34 Å². The third-order valence-electron chi connectivity index (χ3n) is 0.614. The van der Waals surface area contributed by atoms with Crippen LogP contribution in [0.25, 0.3) is 0 Å². The molecule has 0 saturated heterocycles. The molecule has 0 spiro atoms. The summed E-state index contributed by atoms with van der Waals surface area (Å²) in [5.41, 5.74) is 0. The molecule has 0 unspecified atom stereocenters. The van der Waals surface area contributed by atoms with Crippen molar-refractivity contribution in [3.8, 4) is 5.88 Å². The van der Waals surface area contributed by atoms with Crippen LogP contribution in [0.3, 0.4) is 0 Å². The zero-order valence-corrected chi connectivity index (χ0v) is 5.66. The first-order valence-electron chi connectivity index (χ1n) is 1.86. The van der Waals surface area contributed by atoms with Crippen molar-refractivity contribution in [1.29, 1.82) is 0 Å². The van der Waals surface area contributed by atoms with Crippen LogP contribution in [0.15, 0.2) is 0 Å². The molecule has 0 bridgehead atoms. The number of hydrogen-bond acceptors (Lipinski definition) is 4. The lowest BCUT2D eigenvalue weighted by molar-refractivity contribution is 0.397. The van der Waals surface area contributed by atoms with Gasteiger partial charge in [0.1, 0.15) is 0 Å². The van der Waals surface area contributed by atoms with E-state index >= 15 is 0 Å². The molecule has 3 nitrogen and oxygen atoms in total. The van der Waals surface area contributed by atoms with E-state index in [2.05, 4.69) is 14.3 Å². The standard InChI is InChI=1S/C3H3ClN2OS/c1-7-3-2(4)8-6-5-3/h1H3. The monoisotopic (exact) mass is 150 g/mol. The smallest absolute Gasteiger partial charge is 0.265 e. The molecule has 1 rings (SSSR count).